The summed E-state index contributed by atoms with van der Waals surface area (Å²) >= 11 is 0. The molecule has 0 aliphatic heterocycles. The predicted octanol–water partition coefficient (Wildman–Crippen LogP) is 2.35. The first-order valence-corrected chi connectivity index (χ1v) is 4.44. The molecule has 0 radical (unpaired) electrons. The highest BCUT2D eigenvalue weighted by molar-refractivity contribution is 6.07. The molecule has 15 heavy (non-hydrogen) atoms. The van der Waals surface area contributed by atoms with Crippen molar-refractivity contribution in [2.24, 2.45) is 0 Å². The smallest absolute Gasteiger partial charge is 0.336 e. The largest absolute Gasteiger partial charge is 0.478 e. The van der Waals surface area contributed by atoms with Crippen molar-refractivity contribution in [3.05, 3.63) is 47.5 Å². The van der Waals surface area contributed by atoms with Gasteiger partial charge in [0.1, 0.15) is 0 Å². The highest BCUT2D eigenvalue weighted by Gasteiger charge is 2.11. The van der Waals surface area contributed by atoms with Gasteiger partial charge in [-0.05, 0) is 16.8 Å². The van der Waals surface area contributed by atoms with Gasteiger partial charge in [-0.2, -0.15) is 0 Å². The van der Waals surface area contributed by atoms with Crippen LogP contribution in [0.1, 0.15) is 20.7 Å². The van der Waals surface area contributed by atoms with Crippen LogP contribution in [-0.4, -0.2) is 17.4 Å². The second kappa shape index (κ2) is 3.53. The van der Waals surface area contributed by atoms with Gasteiger partial charge in [-0.3, -0.25) is 4.79 Å². The lowest BCUT2D eigenvalue weighted by atomic mass is 10.00. The molecule has 3 nitrogen and oxygen atoms in total. The molecule has 74 valence electrons. The number of benzene rings is 2. The Labute approximate surface area is 86.0 Å². The fourth-order valence-electron chi connectivity index (χ4n) is 1.61. The van der Waals surface area contributed by atoms with Crippen molar-refractivity contribution >= 4 is 23.0 Å². The Morgan fingerprint density at radius 3 is 2.53 bits per heavy atom. The summed E-state index contributed by atoms with van der Waals surface area (Å²) in [6.07, 6.45) is 0.589. The summed E-state index contributed by atoms with van der Waals surface area (Å²) in [5.41, 5.74) is 0.282. The van der Waals surface area contributed by atoms with Crippen LogP contribution in [-0.2, 0) is 0 Å². The summed E-state index contributed by atoms with van der Waals surface area (Å²) in [7, 11) is 0. The molecule has 0 spiro atoms. The predicted molar refractivity (Wildman–Crippen MR) is 56.3 cm³/mol. The quantitative estimate of drug-likeness (QED) is 0.757. The highest BCUT2D eigenvalue weighted by atomic mass is 16.4. The van der Waals surface area contributed by atoms with Crippen molar-refractivity contribution in [3.8, 4) is 0 Å². The summed E-state index contributed by atoms with van der Waals surface area (Å²) in [6.45, 7) is 0. The fourth-order valence-corrected chi connectivity index (χ4v) is 1.61. The zero-order valence-electron chi connectivity index (χ0n) is 7.81. The van der Waals surface area contributed by atoms with Crippen molar-refractivity contribution in [2.45, 2.75) is 0 Å². The zero-order chi connectivity index (χ0) is 10.8. The number of aromatic carboxylic acids is 1. The number of carbonyl (C=O) groups is 2. The first-order valence-electron chi connectivity index (χ1n) is 4.44. The van der Waals surface area contributed by atoms with Crippen molar-refractivity contribution in [2.75, 3.05) is 0 Å². The van der Waals surface area contributed by atoms with Crippen molar-refractivity contribution < 1.29 is 14.7 Å². The summed E-state index contributed by atoms with van der Waals surface area (Å²) in [4.78, 5) is 21.7. The van der Waals surface area contributed by atoms with E-state index in [1.165, 1.54) is 6.07 Å². The van der Waals surface area contributed by atoms with Gasteiger partial charge in [0.05, 0.1) is 5.56 Å². The van der Waals surface area contributed by atoms with Crippen LogP contribution in [0.5, 0.6) is 0 Å². The third-order valence-corrected chi connectivity index (χ3v) is 2.32. The number of hydrogen-bond donors (Lipinski definition) is 1. The summed E-state index contributed by atoms with van der Waals surface area (Å²) in [5, 5.41) is 10.4. The molecule has 3 heteroatoms. The van der Waals surface area contributed by atoms with Gasteiger partial charge >= 0.3 is 5.97 Å². The number of fused-ring (bicyclic) bond motifs is 1. The normalized spacial score (nSPS) is 10.1. The van der Waals surface area contributed by atoms with Crippen molar-refractivity contribution in [3.63, 3.8) is 0 Å². The molecule has 0 fully saturated rings. The number of aldehydes is 1. The van der Waals surface area contributed by atoms with E-state index in [1.807, 2.05) is 12.1 Å². The molecule has 2 rings (SSSR count). The lowest BCUT2D eigenvalue weighted by Gasteiger charge is -2.03. The first kappa shape index (κ1) is 9.40. The van der Waals surface area contributed by atoms with E-state index in [9.17, 15) is 9.59 Å². The van der Waals surface area contributed by atoms with Crippen LogP contribution in [0.15, 0.2) is 36.4 Å². The second-order valence-corrected chi connectivity index (χ2v) is 3.17. The molecule has 2 aromatic rings. The zero-order valence-corrected chi connectivity index (χ0v) is 7.81. The number of hydrogen-bond acceptors (Lipinski definition) is 2. The van der Waals surface area contributed by atoms with Gasteiger partial charge in [0.25, 0.3) is 0 Å². The first-order chi connectivity index (χ1) is 7.24. The van der Waals surface area contributed by atoms with Crippen LogP contribution in [0.25, 0.3) is 10.8 Å². The maximum Gasteiger partial charge on any atom is 0.336 e. The SMILES string of the molecule is O=Cc1c(C(=O)O)ccc2ccccc12. The molecule has 0 aliphatic rings. The molecular weight excluding hydrogens is 192 g/mol. The van der Waals surface area contributed by atoms with E-state index < -0.39 is 5.97 Å². The van der Waals surface area contributed by atoms with E-state index in [0.717, 1.165) is 5.39 Å². The van der Waals surface area contributed by atoms with Crippen LogP contribution in [0.2, 0.25) is 0 Å². The number of rotatable bonds is 2. The van der Waals surface area contributed by atoms with Crippen LogP contribution >= 0.6 is 0 Å². The monoisotopic (exact) mass is 200 g/mol. The van der Waals surface area contributed by atoms with Gasteiger partial charge in [0.2, 0.25) is 0 Å². The number of carbonyl (C=O) groups excluding carboxylic acids is 1. The minimum atomic E-state index is -1.08. The molecule has 2 aromatic carbocycles. The van der Waals surface area contributed by atoms with Crippen LogP contribution < -0.4 is 0 Å². The Bertz CT molecular complexity index is 544. The van der Waals surface area contributed by atoms with Gasteiger partial charge in [-0.15, -0.1) is 0 Å². The van der Waals surface area contributed by atoms with Crippen LogP contribution in [0.3, 0.4) is 0 Å². The van der Waals surface area contributed by atoms with Crippen LogP contribution in [0.4, 0.5) is 0 Å². The molecule has 0 bridgehead atoms. The molecule has 0 atom stereocenters. The van der Waals surface area contributed by atoms with Gasteiger partial charge in [-0.1, -0.05) is 30.3 Å². The van der Waals surface area contributed by atoms with E-state index in [1.54, 1.807) is 18.2 Å². The van der Waals surface area contributed by atoms with Gasteiger partial charge in [0.15, 0.2) is 6.29 Å². The van der Waals surface area contributed by atoms with Crippen molar-refractivity contribution in [1.82, 2.24) is 0 Å². The number of carboxylic acids is 1. The molecule has 0 heterocycles. The van der Waals surface area contributed by atoms with Crippen LogP contribution in [0, 0.1) is 0 Å². The van der Waals surface area contributed by atoms with E-state index in [-0.39, 0.29) is 11.1 Å². The maximum absolute atomic E-state index is 10.9. The molecule has 1 N–H and O–H groups in total. The molecule has 0 saturated heterocycles. The summed E-state index contributed by atoms with van der Waals surface area (Å²) in [5.74, 6) is -1.08. The molecule has 0 aliphatic carbocycles. The molecule has 0 aromatic heterocycles. The average molecular weight is 200 g/mol. The molecule has 0 unspecified atom stereocenters. The Balaban J connectivity index is 2.87. The molecular formula is C12H8O3. The van der Waals surface area contributed by atoms with Gasteiger partial charge in [0, 0.05) is 5.56 Å². The third kappa shape index (κ3) is 1.48. The lowest BCUT2D eigenvalue weighted by Crippen LogP contribution is -2.02. The summed E-state index contributed by atoms with van der Waals surface area (Å²) in [6, 6.07) is 10.4. The standard InChI is InChI=1S/C12H8O3/c13-7-11-9-4-2-1-3-8(9)5-6-10(11)12(14)15/h1-7H,(H,14,15). The maximum atomic E-state index is 10.9. The minimum Gasteiger partial charge on any atom is -0.478 e. The Hall–Kier alpha value is -2.16. The number of carboxylic acid groups (broad SMARTS) is 1. The average Bonchev–Trinajstić information content (AvgIpc) is 2.27. The van der Waals surface area contributed by atoms with E-state index in [0.29, 0.717) is 11.7 Å². The molecule has 0 amide bonds. The van der Waals surface area contributed by atoms with Crippen molar-refractivity contribution in [1.29, 1.82) is 0 Å². The van der Waals surface area contributed by atoms with Gasteiger partial charge < -0.3 is 5.11 Å². The Morgan fingerprint density at radius 1 is 1.13 bits per heavy atom. The minimum absolute atomic E-state index is 0.0451. The third-order valence-electron chi connectivity index (χ3n) is 2.32. The Kier molecular flexibility index (Phi) is 2.21. The fraction of sp³-hybridized carbons (Fsp3) is 0. The van der Waals surface area contributed by atoms with Gasteiger partial charge in [-0.25, -0.2) is 4.79 Å². The Morgan fingerprint density at radius 2 is 1.87 bits per heavy atom. The van der Waals surface area contributed by atoms with E-state index in [2.05, 4.69) is 0 Å². The second-order valence-electron chi connectivity index (χ2n) is 3.17. The lowest BCUT2D eigenvalue weighted by molar-refractivity contribution is 0.0694. The highest BCUT2D eigenvalue weighted by Crippen LogP contribution is 2.20. The molecule has 0 saturated carbocycles. The van der Waals surface area contributed by atoms with E-state index in [4.69, 9.17) is 5.11 Å². The topological polar surface area (TPSA) is 54.4 Å². The summed E-state index contributed by atoms with van der Waals surface area (Å²) < 4.78 is 0. The van der Waals surface area contributed by atoms with E-state index >= 15 is 0 Å².